The van der Waals surface area contributed by atoms with Gasteiger partial charge in [-0.3, -0.25) is 0 Å². The maximum absolute atomic E-state index is 12.3. The van der Waals surface area contributed by atoms with Crippen molar-refractivity contribution in [2.45, 2.75) is 17.9 Å². The van der Waals surface area contributed by atoms with E-state index in [1.165, 1.54) is 24.2 Å². The van der Waals surface area contributed by atoms with Crippen LogP contribution in [0.2, 0.25) is 5.02 Å². The van der Waals surface area contributed by atoms with Crippen LogP contribution in [0.25, 0.3) is 5.69 Å². The number of halogens is 1. The molecule has 0 amide bonds. The standard InChI is InChI=1S/C14H19ClN4O3S/c1-10(16-2)7-18-23(20,21)12-8-17-19(9-12)13-6-11(15)4-5-14(13)22-3/h4-6,8-10,16,18H,7H2,1-3H3. The fourth-order valence-corrected chi connectivity index (χ4v) is 3.07. The van der Waals surface area contributed by atoms with Crippen LogP contribution in [0.5, 0.6) is 5.75 Å². The fraction of sp³-hybridized carbons (Fsp3) is 0.357. The topological polar surface area (TPSA) is 85.3 Å². The van der Waals surface area contributed by atoms with Crippen molar-refractivity contribution in [2.75, 3.05) is 20.7 Å². The Labute approximate surface area is 140 Å². The first-order chi connectivity index (χ1) is 10.9. The number of benzene rings is 1. The number of aromatic nitrogens is 2. The van der Waals surface area contributed by atoms with Gasteiger partial charge in [0.1, 0.15) is 16.3 Å². The summed E-state index contributed by atoms with van der Waals surface area (Å²) in [5.41, 5.74) is 0.560. The Balaban J connectivity index is 2.29. The summed E-state index contributed by atoms with van der Waals surface area (Å²) in [5.74, 6) is 0.540. The van der Waals surface area contributed by atoms with Crippen LogP contribution >= 0.6 is 11.6 Å². The number of nitrogens with one attached hydrogen (secondary N) is 2. The Morgan fingerprint density at radius 1 is 1.43 bits per heavy atom. The van der Waals surface area contributed by atoms with E-state index in [2.05, 4.69) is 15.1 Å². The Kier molecular flexibility index (Phi) is 5.64. The van der Waals surface area contributed by atoms with E-state index in [1.54, 1.807) is 25.2 Å². The lowest BCUT2D eigenvalue weighted by atomic mass is 10.3. The van der Waals surface area contributed by atoms with Crippen LogP contribution in [0.3, 0.4) is 0 Å². The van der Waals surface area contributed by atoms with Crippen LogP contribution in [0, 0.1) is 0 Å². The maximum atomic E-state index is 12.3. The lowest BCUT2D eigenvalue weighted by molar-refractivity contribution is 0.411. The smallest absolute Gasteiger partial charge is 0.243 e. The van der Waals surface area contributed by atoms with E-state index >= 15 is 0 Å². The molecule has 0 radical (unpaired) electrons. The molecule has 0 aliphatic heterocycles. The second-order valence-corrected chi connectivity index (χ2v) is 7.18. The number of hydrogen-bond donors (Lipinski definition) is 2. The van der Waals surface area contributed by atoms with Crippen LogP contribution in [0.4, 0.5) is 0 Å². The summed E-state index contributed by atoms with van der Waals surface area (Å²) in [7, 11) is -0.341. The summed E-state index contributed by atoms with van der Waals surface area (Å²) in [6, 6.07) is 5.06. The molecule has 2 rings (SSSR count). The molecule has 0 aliphatic rings. The van der Waals surface area contributed by atoms with Gasteiger partial charge in [-0.05, 0) is 32.2 Å². The van der Waals surface area contributed by atoms with Crippen LogP contribution in [-0.4, -0.2) is 44.9 Å². The van der Waals surface area contributed by atoms with Crippen molar-refractivity contribution in [3.8, 4) is 11.4 Å². The molecule has 23 heavy (non-hydrogen) atoms. The van der Waals surface area contributed by atoms with E-state index in [-0.39, 0.29) is 17.5 Å². The van der Waals surface area contributed by atoms with E-state index in [1.807, 2.05) is 6.92 Å². The molecule has 1 aromatic carbocycles. The molecule has 0 aliphatic carbocycles. The number of methoxy groups -OCH3 is 1. The van der Waals surface area contributed by atoms with Gasteiger partial charge >= 0.3 is 0 Å². The number of nitrogens with zero attached hydrogens (tertiary/aromatic N) is 2. The summed E-state index contributed by atoms with van der Waals surface area (Å²) < 4.78 is 33.7. The van der Waals surface area contributed by atoms with Gasteiger partial charge in [0.2, 0.25) is 10.0 Å². The highest BCUT2D eigenvalue weighted by molar-refractivity contribution is 7.89. The lowest BCUT2D eigenvalue weighted by Gasteiger charge is -2.11. The molecule has 0 saturated heterocycles. The first-order valence-corrected chi connectivity index (χ1v) is 8.79. The summed E-state index contributed by atoms with van der Waals surface area (Å²) in [6.45, 7) is 2.16. The predicted octanol–water partition coefficient (Wildman–Crippen LogP) is 1.42. The van der Waals surface area contributed by atoms with Crippen LogP contribution in [0.15, 0.2) is 35.5 Å². The lowest BCUT2D eigenvalue weighted by Crippen LogP contribution is -2.37. The Hall–Kier alpha value is -1.61. The van der Waals surface area contributed by atoms with E-state index < -0.39 is 10.0 Å². The van der Waals surface area contributed by atoms with Crippen molar-refractivity contribution in [3.63, 3.8) is 0 Å². The molecule has 1 heterocycles. The molecule has 2 aromatic rings. The Morgan fingerprint density at radius 3 is 2.83 bits per heavy atom. The van der Waals surface area contributed by atoms with Gasteiger partial charge in [0.25, 0.3) is 0 Å². The van der Waals surface area contributed by atoms with Crippen LogP contribution in [-0.2, 0) is 10.0 Å². The van der Waals surface area contributed by atoms with Gasteiger partial charge < -0.3 is 10.1 Å². The van der Waals surface area contributed by atoms with E-state index in [9.17, 15) is 8.42 Å². The number of rotatable bonds is 7. The third-order valence-electron chi connectivity index (χ3n) is 3.33. The minimum absolute atomic E-state index is 0.0212. The number of likely N-dealkylation sites (N-methyl/N-ethyl adjacent to an activating group) is 1. The monoisotopic (exact) mass is 358 g/mol. The summed E-state index contributed by atoms with van der Waals surface area (Å²) in [6.07, 6.45) is 2.70. The highest BCUT2D eigenvalue weighted by atomic mass is 35.5. The molecule has 0 spiro atoms. The predicted molar refractivity (Wildman–Crippen MR) is 88.8 cm³/mol. The number of hydrogen-bond acceptors (Lipinski definition) is 5. The molecule has 0 bridgehead atoms. The average molecular weight is 359 g/mol. The van der Waals surface area contributed by atoms with Crippen molar-refractivity contribution in [3.05, 3.63) is 35.6 Å². The van der Waals surface area contributed by atoms with Gasteiger partial charge in [-0.2, -0.15) is 5.10 Å². The highest BCUT2D eigenvalue weighted by Crippen LogP contribution is 2.26. The van der Waals surface area contributed by atoms with Gasteiger partial charge in [-0.25, -0.2) is 17.8 Å². The molecular formula is C14H19ClN4O3S. The number of sulfonamides is 1. The zero-order chi connectivity index (χ0) is 17.0. The summed E-state index contributed by atoms with van der Waals surface area (Å²) in [5, 5.41) is 7.56. The van der Waals surface area contributed by atoms with E-state index in [0.717, 1.165) is 0 Å². The molecule has 0 saturated carbocycles. The Morgan fingerprint density at radius 2 is 2.17 bits per heavy atom. The average Bonchev–Trinajstić information content (AvgIpc) is 3.03. The first kappa shape index (κ1) is 17.7. The molecule has 2 N–H and O–H groups in total. The highest BCUT2D eigenvalue weighted by Gasteiger charge is 2.18. The Bertz CT molecular complexity index is 776. The third-order valence-corrected chi connectivity index (χ3v) is 4.94. The SMILES string of the molecule is CNC(C)CNS(=O)(=O)c1cnn(-c2cc(Cl)ccc2OC)c1. The van der Waals surface area contributed by atoms with Crippen molar-refractivity contribution in [1.29, 1.82) is 0 Å². The fourth-order valence-electron chi connectivity index (χ4n) is 1.84. The van der Waals surface area contributed by atoms with E-state index in [0.29, 0.717) is 16.5 Å². The molecule has 9 heteroatoms. The van der Waals surface area contributed by atoms with Crippen molar-refractivity contribution in [1.82, 2.24) is 19.8 Å². The molecule has 126 valence electrons. The van der Waals surface area contributed by atoms with Crippen LogP contribution < -0.4 is 14.8 Å². The van der Waals surface area contributed by atoms with Gasteiger partial charge in [-0.1, -0.05) is 11.6 Å². The number of ether oxygens (including phenoxy) is 1. The second kappa shape index (κ2) is 7.31. The second-order valence-electron chi connectivity index (χ2n) is 4.98. The van der Waals surface area contributed by atoms with Gasteiger partial charge in [0.15, 0.2) is 0 Å². The first-order valence-electron chi connectivity index (χ1n) is 6.93. The molecule has 1 unspecified atom stereocenters. The zero-order valence-electron chi connectivity index (χ0n) is 13.1. The molecule has 7 nitrogen and oxygen atoms in total. The third kappa shape index (κ3) is 4.23. The zero-order valence-corrected chi connectivity index (χ0v) is 14.6. The van der Waals surface area contributed by atoms with Gasteiger partial charge in [0, 0.05) is 17.6 Å². The van der Waals surface area contributed by atoms with Gasteiger partial charge in [0.05, 0.1) is 19.5 Å². The van der Waals surface area contributed by atoms with Gasteiger partial charge in [-0.15, -0.1) is 0 Å². The summed E-state index contributed by atoms with van der Waals surface area (Å²) >= 11 is 5.99. The normalized spacial score (nSPS) is 13.0. The molecular weight excluding hydrogens is 340 g/mol. The molecule has 0 fully saturated rings. The van der Waals surface area contributed by atoms with Crippen molar-refractivity contribution >= 4 is 21.6 Å². The minimum atomic E-state index is -3.63. The molecule has 1 aromatic heterocycles. The summed E-state index contributed by atoms with van der Waals surface area (Å²) in [4.78, 5) is 0.0721. The van der Waals surface area contributed by atoms with Crippen LogP contribution in [0.1, 0.15) is 6.92 Å². The molecule has 1 atom stereocenters. The maximum Gasteiger partial charge on any atom is 0.243 e. The minimum Gasteiger partial charge on any atom is -0.494 e. The van der Waals surface area contributed by atoms with E-state index in [4.69, 9.17) is 16.3 Å². The van der Waals surface area contributed by atoms with Crippen molar-refractivity contribution in [2.24, 2.45) is 0 Å². The largest absolute Gasteiger partial charge is 0.494 e. The quantitative estimate of drug-likeness (QED) is 0.782. The van der Waals surface area contributed by atoms with Crippen molar-refractivity contribution < 1.29 is 13.2 Å².